The SMILES string of the molecule is C=C1[C@H](C)C[C@@H]2CC[C@@H](C)OC(C)CC[C@]34C[C@@H](O)C(O3)C3OC5CC[C@H](CC(=O)CC6C(C[C@H]1O2)O[C@H](C[C@H](O)CN=[N+]=[N-])[C@@H]6OC)O[C@@H]5C(O4)[C@@H]3I. The second-order valence-electron chi connectivity index (χ2n) is 17.1. The lowest BCUT2D eigenvalue weighted by Gasteiger charge is -2.49. The Hall–Kier alpha value is -0.950. The number of fused-ring (bicyclic) bond motifs is 7. The Morgan fingerprint density at radius 3 is 2.48 bits per heavy atom. The molecule has 54 heavy (non-hydrogen) atoms. The van der Waals surface area contributed by atoms with E-state index in [0.717, 1.165) is 24.8 Å². The van der Waals surface area contributed by atoms with Crippen LogP contribution in [-0.4, -0.2) is 131 Å². The molecule has 2 N–H and O–H groups in total. The van der Waals surface area contributed by atoms with Crippen molar-refractivity contribution >= 4 is 28.4 Å². The van der Waals surface area contributed by atoms with Crippen LogP contribution >= 0.6 is 22.6 Å². The number of Topliss-reactive ketones (excluding diaryl/α,β-unsaturated/α-hetero) is 1. The number of azide groups is 1. The number of methoxy groups -OCH3 is 1. The van der Waals surface area contributed by atoms with Gasteiger partial charge in [0.05, 0.1) is 77.6 Å². The monoisotopic (exact) mass is 873 g/mol. The number of rotatable bonds is 5. The van der Waals surface area contributed by atoms with Crippen molar-refractivity contribution in [3.05, 3.63) is 22.6 Å². The molecule has 7 rings (SSSR count). The van der Waals surface area contributed by atoms with Crippen molar-refractivity contribution in [2.24, 2.45) is 17.0 Å². The van der Waals surface area contributed by atoms with E-state index in [2.05, 4.69) is 60.0 Å². The molecule has 0 saturated carbocycles. The fourth-order valence-electron chi connectivity index (χ4n) is 10.3. The molecule has 7 fully saturated rings. The maximum absolute atomic E-state index is 14.1. The van der Waals surface area contributed by atoms with E-state index in [0.29, 0.717) is 38.5 Å². The first-order valence-corrected chi connectivity index (χ1v) is 21.5. The van der Waals surface area contributed by atoms with E-state index in [-0.39, 0.29) is 108 Å². The van der Waals surface area contributed by atoms with E-state index < -0.39 is 36.3 Å². The predicted molar refractivity (Wildman–Crippen MR) is 204 cm³/mol. The van der Waals surface area contributed by atoms with Crippen LogP contribution in [-0.2, 0) is 42.7 Å². The summed E-state index contributed by atoms with van der Waals surface area (Å²) in [4.78, 5) is 16.9. The van der Waals surface area contributed by atoms with E-state index >= 15 is 0 Å². The summed E-state index contributed by atoms with van der Waals surface area (Å²) in [5, 5.41) is 25.5. The highest BCUT2D eigenvalue weighted by atomic mass is 127. The van der Waals surface area contributed by atoms with Crippen LogP contribution in [0.15, 0.2) is 17.3 Å². The second kappa shape index (κ2) is 17.5. The lowest BCUT2D eigenvalue weighted by molar-refractivity contribution is -0.274. The Kier molecular flexibility index (Phi) is 13.4. The van der Waals surface area contributed by atoms with Crippen LogP contribution in [0.5, 0.6) is 0 Å². The Labute approximate surface area is 332 Å². The van der Waals surface area contributed by atoms with Gasteiger partial charge in [-0.1, -0.05) is 41.2 Å². The molecule has 0 aromatic carbocycles. The predicted octanol–water partition coefficient (Wildman–Crippen LogP) is 5.27. The van der Waals surface area contributed by atoms with E-state index in [1.807, 2.05) is 0 Å². The Morgan fingerprint density at radius 1 is 0.944 bits per heavy atom. The molecule has 304 valence electrons. The molecule has 7 aliphatic rings. The largest absolute Gasteiger partial charge is 0.393 e. The Morgan fingerprint density at radius 2 is 1.70 bits per heavy atom. The summed E-state index contributed by atoms with van der Waals surface area (Å²) in [5.41, 5.74) is 9.84. The Balaban J connectivity index is 1.15. The number of ketones is 1. The fraction of sp³-hybridized carbons (Fsp3) is 0.923. The highest BCUT2D eigenvalue weighted by Gasteiger charge is 2.62. The van der Waals surface area contributed by atoms with Crippen LogP contribution in [0.25, 0.3) is 10.4 Å². The molecular weight excluding hydrogens is 813 g/mol. The summed E-state index contributed by atoms with van der Waals surface area (Å²) < 4.78 is 52.8. The normalized spacial score (nSPS) is 49.3. The van der Waals surface area contributed by atoms with Crippen molar-refractivity contribution in [3.8, 4) is 0 Å². The Bertz CT molecular complexity index is 1390. The maximum atomic E-state index is 14.1. The molecule has 1 spiro atoms. The molecule has 15 heteroatoms. The summed E-state index contributed by atoms with van der Waals surface area (Å²) >= 11 is 2.37. The van der Waals surface area contributed by atoms with Gasteiger partial charge in [0.1, 0.15) is 30.2 Å². The molecule has 7 saturated heterocycles. The van der Waals surface area contributed by atoms with Crippen LogP contribution in [0.2, 0.25) is 0 Å². The minimum atomic E-state index is -0.976. The van der Waals surface area contributed by atoms with Crippen LogP contribution < -0.4 is 0 Å². The van der Waals surface area contributed by atoms with Gasteiger partial charge in [0.25, 0.3) is 0 Å². The van der Waals surface area contributed by atoms with Gasteiger partial charge >= 0.3 is 0 Å². The standard InChI is InChI=1S/C39H60IN3O11/c1-19-12-25-7-6-20(2)48-21(3)10-11-39-17-28(46)35(53-39)37-33(40)38(54-39)36-29(52-37)9-8-26(50-36)13-23(44)14-27-31(16-30(49-25)22(19)4)51-32(34(27)47-5)15-24(45)18-42-43-41/h19-21,24-38,45-46H,4,6-18H2,1-3,5H3/t19-,20-,21?,24+,25+,26-,27?,28-,29?,30-,31?,32-,33-,34-,35?,36+,37?,38?,39+/m1/s1. The lowest BCUT2D eigenvalue weighted by atomic mass is 9.81. The third kappa shape index (κ3) is 8.87. The van der Waals surface area contributed by atoms with Gasteiger partial charge in [-0.3, -0.25) is 4.79 Å². The smallest absolute Gasteiger partial charge is 0.172 e. The molecule has 0 radical (unpaired) electrons. The van der Waals surface area contributed by atoms with Gasteiger partial charge in [0.2, 0.25) is 0 Å². The molecule has 14 nitrogen and oxygen atoms in total. The summed E-state index contributed by atoms with van der Waals surface area (Å²) in [7, 11) is 1.61. The molecule has 8 bridgehead atoms. The molecule has 19 atom stereocenters. The average Bonchev–Trinajstić information content (AvgIpc) is 3.60. The quantitative estimate of drug-likeness (QED) is 0.0919. The van der Waals surface area contributed by atoms with E-state index in [1.165, 1.54) is 0 Å². The van der Waals surface area contributed by atoms with Crippen molar-refractivity contribution in [2.75, 3.05) is 13.7 Å². The number of hydrogen-bond donors (Lipinski definition) is 2. The van der Waals surface area contributed by atoms with E-state index in [9.17, 15) is 15.0 Å². The van der Waals surface area contributed by atoms with Crippen molar-refractivity contribution in [2.45, 2.75) is 199 Å². The van der Waals surface area contributed by atoms with E-state index in [1.54, 1.807) is 7.11 Å². The molecule has 0 aliphatic carbocycles. The summed E-state index contributed by atoms with van der Waals surface area (Å²) in [6, 6.07) is 0. The molecule has 7 unspecified atom stereocenters. The van der Waals surface area contributed by atoms with Gasteiger partial charge in [0, 0.05) is 56.5 Å². The minimum absolute atomic E-state index is 0.00368. The number of aliphatic hydroxyl groups is 2. The van der Waals surface area contributed by atoms with Crippen LogP contribution in [0.1, 0.15) is 97.8 Å². The van der Waals surface area contributed by atoms with Gasteiger partial charge in [0.15, 0.2) is 5.79 Å². The van der Waals surface area contributed by atoms with Gasteiger partial charge in [-0.25, -0.2) is 0 Å². The first-order chi connectivity index (χ1) is 25.9. The molecule has 0 amide bonds. The average molecular weight is 874 g/mol. The highest BCUT2D eigenvalue weighted by molar-refractivity contribution is 14.1. The van der Waals surface area contributed by atoms with Crippen molar-refractivity contribution < 1.29 is 52.9 Å². The van der Waals surface area contributed by atoms with Gasteiger partial charge in [-0.2, -0.15) is 0 Å². The molecule has 7 aliphatic heterocycles. The number of alkyl halides is 1. The molecule has 0 aromatic rings. The first kappa shape index (κ1) is 41.2. The number of carbonyl (C=O) groups is 1. The van der Waals surface area contributed by atoms with Crippen LogP contribution in [0, 0.1) is 11.8 Å². The highest BCUT2D eigenvalue weighted by Crippen LogP contribution is 2.50. The summed E-state index contributed by atoms with van der Waals surface area (Å²) in [6.07, 6.45) is 1.39. The van der Waals surface area contributed by atoms with Crippen molar-refractivity contribution in [1.29, 1.82) is 0 Å². The fourth-order valence-corrected chi connectivity index (χ4v) is 11.5. The van der Waals surface area contributed by atoms with E-state index in [4.69, 9.17) is 43.4 Å². The van der Waals surface area contributed by atoms with Crippen molar-refractivity contribution in [1.82, 2.24) is 0 Å². The zero-order valence-corrected chi connectivity index (χ0v) is 34.2. The zero-order valence-electron chi connectivity index (χ0n) is 32.1. The van der Waals surface area contributed by atoms with Gasteiger partial charge in [-0.15, -0.1) is 0 Å². The number of nitrogens with zero attached hydrogens (tertiary/aromatic N) is 3. The third-order valence-corrected chi connectivity index (χ3v) is 14.5. The minimum Gasteiger partial charge on any atom is -0.393 e. The topological polar surface area (TPSA) is 180 Å². The van der Waals surface area contributed by atoms with Crippen molar-refractivity contribution in [3.63, 3.8) is 0 Å². The summed E-state index contributed by atoms with van der Waals surface area (Å²) in [5.74, 6) is -0.968. The maximum Gasteiger partial charge on any atom is 0.172 e. The lowest BCUT2D eigenvalue weighted by Crippen LogP contribution is -2.63. The molecule has 0 aromatic heterocycles. The molecular formula is C39H60IN3O11. The van der Waals surface area contributed by atoms with Crippen LogP contribution in [0.3, 0.4) is 0 Å². The number of carbonyl (C=O) groups excluding carboxylic acids is 1. The number of hydrogen-bond acceptors (Lipinski definition) is 12. The third-order valence-electron chi connectivity index (χ3n) is 13.1. The number of halogens is 1. The first-order valence-electron chi connectivity index (χ1n) is 20.2. The second-order valence-corrected chi connectivity index (χ2v) is 18.6. The number of aliphatic hydroxyl groups excluding tert-OH is 2. The van der Waals surface area contributed by atoms with Crippen LogP contribution in [0.4, 0.5) is 0 Å². The van der Waals surface area contributed by atoms with Gasteiger partial charge in [-0.05, 0) is 69.4 Å². The zero-order chi connectivity index (χ0) is 38.3. The number of ether oxygens (including phenoxy) is 8. The molecule has 7 heterocycles. The van der Waals surface area contributed by atoms with Gasteiger partial charge < -0.3 is 48.1 Å². The summed E-state index contributed by atoms with van der Waals surface area (Å²) in [6.45, 7) is 10.8.